The Morgan fingerprint density at radius 3 is 2.09 bits per heavy atom. The summed E-state index contributed by atoms with van der Waals surface area (Å²) in [4.78, 5) is 23.5. The summed E-state index contributed by atoms with van der Waals surface area (Å²) < 4.78 is 36.3. The lowest BCUT2D eigenvalue weighted by Crippen LogP contribution is -2.34. The van der Waals surface area contributed by atoms with Gasteiger partial charge in [-0.15, -0.1) is 0 Å². The summed E-state index contributed by atoms with van der Waals surface area (Å²) in [6.07, 6.45) is 3.22. The molecule has 1 N–H and O–H groups in total. The number of hydrogen-bond donors (Lipinski definition) is 1. The fourth-order valence-electron chi connectivity index (χ4n) is 4.73. The summed E-state index contributed by atoms with van der Waals surface area (Å²) in [6, 6.07) is 5.03. The topological polar surface area (TPSA) is 55.4 Å². The Morgan fingerprint density at radius 1 is 1.00 bits per heavy atom. The molecule has 2 aromatic carbocycles. The van der Waals surface area contributed by atoms with Gasteiger partial charge < -0.3 is 4.74 Å². The monoisotopic (exact) mass is 501 g/mol. The van der Waals surface area contributed by atoms with Crippen LogP contribution in [0, 0.1) is 18.6 Å². The van der Waals surface area contributed by atoms with Crippen LogP contribution in [0.1, 0.15) is 76.6 Å². The average molecular weight is 502 g/mol. The lowest BCUT2D eigenvalue weighted by Gasteiger charge is -2.42. The van der Waals surface area contributed by atoms with Crippen molar-refractivity contribution in [3.05, 3.63) is 57.0 Å². The highest BCUT2D eigenvalue weighted by Crippen LogP contribution is 2.49. The third-order valence-corrected chi connectivity index (χ3v) is 7.61. The molecule has 0 spiro atoms. The summed E-state index contributed by atoms with van der Waals surface area (Å²) in [6.45, 7) is 14.6. The van der Waals surface area contributed by atoms with E-state index in [0.717, 1.165) is 30.0 Å². The summed E-state index contributed by atoms with van der Waals surface area (Å²) >= 11 is 0.657. The van der Waals surface area contributed by atoms with Crippen molar-refractivity contribution in [2.24, 2.45) is 0 Å². The number of ether oxygens (including phenoxy) is 1. The van der Waals surface area contributed by atoms with E-state index in [1.54, 1.807) is 0 Å². The van der Waals surface area contributed by atoms with Crippen LogP contribution >= 0.6 is 11.8 Å². The molecule has 4 nitrogen and oxygen atoms in total. The van der Waals surface area contributed by atoms with E-state index < -0.39 is 22.8 Å². The van der Waals surface area contributed by atoms with Crippen molar-refractivity contribution in [2.45, 2.75) is 72.1 Å². The number of benzene rings is 2. The van der Waals surface area contributed by atoms with Gasteiger partial charge in [0, 0.05) is 5.56 Å². The molecule has 0 unspecified atom stereocenters. The second-order valence-corrected chi connectivity index (χ2v) is 11.0. The van der Waals surface area contributed by atoms with Crippen LogP contribution in [0.3, 0.4) is 0 Å². The zero-order valence-electron chi connectivity index (χ0n) is 21.6. The van der Waals surface area contributed by atoms with Crippen LogP contribution in [0.4, 0.5) is 13.6 Å². The van der Waals surface area contributed by atoms with E-state index in [1.165, 1.54) is 18.7 Å². The van der Waals surface area contributed by atoms with Crippen molar-refractivity contribution in [3.63, 3.8) is 0 Å². The van der Waals surface area contributed by atoms with Crippen molar-refractivity contribution >= 4 is 29.0 Å². The molecule has 1 saturated heterocycles. The predicted octanol–water partition coefficient (Wildman–Crippen LogP) is 7.65. The molecule has 0 radical (unpaired) electrons. The van der Waals surface area contributed by atoms with Gasteiger partial charge in [0.05, 0.1) is 17.6 Å². The first kappa shape index (κ1) is 26.9. The molecule has 2 amide bonds. The first-order valence-electron chi connectivity index (χ1n) is 11.8. The SMILES string of the molecule is CC.COc1c(F)cc(/C=C2\SC(=O)NC2=O)c(F)c1-c1cc2c(cc1C)C(C)(C)CCC2(C)C. The minimum absolute atomic E-state index is 0.0126. The van der Waals surface area contributed by atoms with Crippen molar-refractivity contribution in [2.75, 3.05) is 7.11 Å². The van der Waals surface area contributed by atoms with Gasteiger partial charge in [0.1, 0.15) is 5.82 Å². The van der Waals surface area contributed by atoms with Crippen LogP contribution in [0.5, 0.6) is 5.75 Å². The van der Waals surface area contributed by atoms with Crippen molar-refractivity contribution < 1.29 is 23.1 Å². The number of rotatable bonds is 3. The molecular weight excluding hydrogens is 468 g/mol. The van der Waals surface area contributed by atoms with Gasteiger partial charge in [0.15, 0.2) is 11.6 Å². The number of imide groups is 1. The highest BCUT2D eigenvalue weighted by molar-refractivity contribution is 8.18. The maximum absolute atomic E-state index is 15.9. The summed E-state index contributed by atoms with van der Waals surface area (Å²) in [5, 5.41) is 1.58. The normalized spacial score (nSPS) is 19.1. The molecule has 2 aliphatic rings. The number of halogens is 2. The van der Waals surface area contributed by atoms with Crippen molar-refractivity contribution in [3.8, 4) is 16.9 Å². The molecule has 1 aliphatic carbocycles. The van der Waals surface area contributed by atoms with Crippen molar-refractivity contribution in [1.82, 2.24) is 5.32 Å². The van der Waals surface area contributed by atoms with Gasteiger partial charge in [-0.3, -0.25) is 14.9 Å². The van der Waals surface area contributed by atoms with E-state index in [0.29, 0.717) is 17.3 Å². The summed E-state index contributed by atoms with van der Waals surface area (Å²) in [5.41, 5.74) is 3.45. The average Bonchev–Trinajstić information content (AvgIpc) is 3.11. The van der Waals surface area contributed by atoms with Crippen LogP contribution in [-0.4, -0.2) is 18.3 Å². The van der Waals surface area contributed by atoms with Crippen LogP contribution in [0.15, 0.2) is 23.1 Å². The number of aryl methyl sites for hydroxylation is 1. The maximum atomic E-state index is 15.9. The van der Waals surface area contributed by atoms with Crippen LogP contribution in [-0.2, 0) is 15.6 Å². The minimum atomic E-state index is -0.743. The van der Waals surface area contributed by atoms with Crippen LogP contribution in [0.2, 0.25) is 0 Å². The molecule has 4 rings (SSSR count). The lowest BCUT2D eigenvalue weighted by atomic mass is 9.62. The second-order valence-electron chi connectivity index (χ2n) is 10.0. The molecule has 0 aromatic heterocycles. The lowest BCUT2D eigenvalue weighted by molar-refractivity contribution is -0.115. The third kappa shape index (κ3) is 4.88. The van der Waals surface area contributed by atoms with Gasteiger partial charge in [0.25, 0.3) is 11.1 Å². The molecule has 1 aliphatic heterocycles. The molecule has 2 aromatic rings. The Morgan fingerprint density at radius 2 is 1.57 bits per heavy atom. The number of fused-ring (bicyclic) bond motifs is 1. The third-order valence-electron chi connectivity index (χ3n) is 6.80. The van der Waals surface area contributed by atoms with Gasteiger partial charge in [-0.2, -0.15) is 0 Å². The number of carbonyl (C=O) groups is 2. The van der Waals surface area contributed by atoms with E-state index in [9.17, 15) is 9.59 Å². The molecule has 35 heavy (non-hydrogen) atoms. The van der Waals surface area contributed by atoms with Crippen LogP contribution in [0.25, 0.3) is 17.2 Å². The van der Waals surface area contributed by atoms with Gasteiger partial charge in [0.2, 0.25) is 0 Å². The standard InChI is InChI=1S/C26H27F2NO3S.C2H6/c1-13-9-16-17(26(4,5)8-7-25(16,2)3)12-15(13)20-21(28)14(10-18(27)22(20)32-6)11-19-23(30)29-24(31)33-19;1-2/h9-12H,7-8H2,1-6H3,(H,29,30,31);1-2H3/b19-11-;. The molecule has 0 atom stereocenters. The number of amides is 2. The number of hydrogen-bond acceptors (Lipinski definition) is 4. The first-order valence-corrected chi connectivity index (χ1v) is 12.6. The van der Waals surface area contributed by atoms with Crippen LogP contribution < -0.4 is 10.1 Å². The Labute approximate surface area is 210 Å². The smallest absolute Gasteiger partial charge is 0.290 e. The second kappa shape index (κ2) is 9.76. The number of thioether (sulfide) groups is 1. The minimum Gasteiger partial charge on any atom is -0.493 e. The van der Waals surface area contributed by atoms with E-state index in [-0.39, 0.29) is 32.6 Å². The van der Waals surface area contributed by atoms with E-state index in [4.69, 9.17) is 4.74 Å². The molecule has 1 heterocycles. The van der Waals surface area contributed by atoms with E-state index in [2.05, 4.69) is 39.1 Å². The largest absolute Gasteiger partial charge is 0.493 e. The Kier molecular flexibility index (Phi) is 7.51. The highest BCUT2D eigenvalue weighted by Gasteiger charge is 2.38. The molecule has 7 heteroatoms. The Bertz CT molecular complexity index is 1230. The number of carbonyl (C=O) groups excluding carboxylic acids is 2. The fraction of sp³-hybridized carbons (Fsp3) is 0.429. The maximum Gasteiger partial charge on any atom is 0.290 e. The highest BCUT2D eigenvalue weighted by atomic mass is 32.2. The van der Waals surface area contributed by atoms with E-state index >= 15 is 8.78 Å². The van der Waals surface area contributed by atoms with E-state index in [1.807, 2.05) is 26.8 Å². The predicted molar refractivity (Wildman–Crippen MR) is 139 cm³/mol. The summed E-state index contributed by atoms with van der Waals surface area (Å²) in [7, 11) is 1.30. The first-order chi connectivity index (χ1) is 16.4. The van der Waals surface area contributed by atoms with Crippen molar-refractivity contribution in [1.29, 1.82) is 0 Å². The molecular formula is C28H33F2NO3S. The molecule has 188 valence electrons. The summed E-state index contributed by atoms with van der Waals surface area (Å²) in [5.74, 6) is -2.27. The molecule has 0 saturated carbocycles. The van der Waals surface area contributed by atoms with Gasteiger partial charge in [-0.05, 0) is 82.8 Å². The quantitative estimate of drug-likeness (QED) is 0.439. The van der Waals surface area contributed by atoms with Gasteiger partial charge in [-0.25, -0.2) is 8.78 Å². The molecule has 0 bridgehead atoms. The van der Waals surface area contributed by atoms with Gasteiger partial charge in [-0.1, -0.05) is 47.6 Å². The molecule has 1 fully saturated rings. The Balaban J connectivity index is 0.00000167. The zero-order chi connectivity index (χ0) is 26.3. The number of nitrogens with one attached hydrogen (secondary N) is 1. The fourth-order valence-corrected chi connectivity index (χ4v) is 5.40. The van der Waals surface area contributed by atoms with Gasteiger partial charge >= 0.3 is 0 Å². The zero-order valence-corrected chi connectivity index (χ0v) is 22.4. The number of methoxy groups -OCH3 is 1. The Hall–Kier alpha value is -2.67.